The fraction of sp³-hybridized carbons (Fsp3) is 0.676. The number of ether oxygens (including phenoxy) is 3. The molecule has 1 saturated carbocycles. The minimum atomic E-state index is -0.526. The number of fused-ring (bicyclic) bond motifs is 1. The fourth-order valence-corrected chi connectivity index (χ4v) is 6.37. The van der Waals surface area contributed by atoms with E-state index in [2.05, 4.69) is 28.2 Å². The summed E-state index contributed by atoms with van der Waals surface area (Å²) in [6, 6.07) is 7.01. The first-order valence-electron chi connectivity index (χ1n) is 16.8. The van der Waals surface area contributed by atoms with Gasteiger partial charge in [0, 0.05) is 54.9 Å². The van der Waals surface area contributed by atoms with Gasteiger partial charge in [-0.2, -0.15) is 0 Å². The number of aromatic nitrogens is 1. The number of aliphatic hydroxyl groups is 1. The highest BCUT2D eigenvalue weighted by molar-refractivity contribution is 5.98. The first-order valence-corrected chi connectivity index (χ1v) is 16.8. The van der Waals surface area contributed by atoms with Gasteiger partial charge in [-0.05, 0) is 63.9 Å². The van der Waals surface area contributed by atoms with Crippen LogP contribution in [0.25, 0.3) is 10.9 Å². The van der Waals surface area contributed by atoms with Crippen molar-refractivity contribution in [2.75, 3.05) is 79.5 Å². The van der Waals surface area contributed by atoms with Crippen LogP contribution in [0.1, 0.15) is 55.1 Å². The molecule has 0 radical (unpaired) electrons. The Balaban J connectivity index is 1.28. The predicted octanol–water partition coefficient (Wildman–Crippen LogP) is 1.95. The first-order chi connectivity index (χ1) is 22.3. The van der Waals surface area contributed by atoms with Crippen LogP contribution in [0.2, 0.25) is 0 Å². The van der Waals surface area contributed by atoms with Crippen molar-refractivity contribution in [2.45, 2.75) is 64.6 Å². The van der Waals surface area contributed by atoms with E-state index in [1.165, 1.54) is 6.42 Å². The lowest BCUT2D eigenvalue weighted by Gasteiger charge is -2.39. The third kappa shape index (κ3) is 9.74. The van der Waals surface area contributed by atoms with E-state index in [1.54, 1.807) is 14.0 Å². The minimum absolute atomic E-state index is 0.0105. The highest BCUT2D eigenvalue weighted by atomic mass is 16.5. The standard InChI is InChI=1S/C34H53N5O7/c1-25-23-29-24-28(9-10-30(29)39(25)15-17-44-19-21-46-22-20-45-18-16-40)33(42)37-11-13-38(14-12-37)34(43)31(27-7-5-4-6-8-27)36-32(41)26(2)35-3/h9-10,23-24,26-27,31,35,40H,4-8,11-22H2,1-3H3,(H,36,41)/t26?,31-/m0/s1. The van der Waals surface area contributed by atoms with E-state index in [0.717, 1.165) is 42.3 Å². The Labute approximate surface area is 272 Å². The Morgan fingerprint density at radius 2 is 1.52 bits per heavy atom. The number of carbonyl (C=O) groups excluding carboxylic acids is 3. The van der Waals surface area contributed by atoms with Crippen molar-refractivity contribution in [3.05, 3.63) is 35.5 Å². The van der Waals surface area contributed by atoms with E-state index in [-0.39, 0.29) is 36.3 Å². The van der Waals surface area contributed by atoms with Crippen molar-refractivity contribution in [1.82, 2.24) is 25.0 Å². The number of nitrogens with zero attached hydrogens (tertiary/aromatic N) is 3. The number of amides is 3. The fourth-order valence-electron chi connectivity index (χ4n) is 6.37. The highest BCUT2D eigenvalue weighted by Gasteiger charge is 2.36. The number of benzene rings is 1. The van der Waals surface area contributed by atoms with E-state index in [0.29, 0.717) is 77.9 Å². The highest BCUT2D eigenvalue weighted by Crippen LogP contribution is 2.28. The molecule has 1 aliphatic heterocycles. The van der Waals surface area contributed by atoms with Gasteiger partial charge in [-0.25, -0.2) is 0 Å². The zero-order valence-electron chi connectivity index (χ0n) is 27.8. The Morgan fingerprint density at radius 3 is 2.17 bits per heavy atom. The largest absolute Gasteiger partial charge is 0.394 e. The molecule has 1 saturated heterocycles. The predicted molar refractivity (Wildman–Crippen MR) is 176 cm³/mol. The Kier molecular flexibility index (Phi) is 14.3. The number of likely N-dealkylation sites (N-methyl/N-ethyl adjacent to an activating group) is 1. The average molecular weight is 644 g/mol. The molecule has 0 bridgehead atoms. The van der Waals surface area contributed by atoms with Gasteiger partial charge >= 0.3 is 0 Å². The number of piperazine rings is 1. The van der Waals surface area contributed by atoms with Crippen molar-refractivity contribution in [2.24, 2.45) is 5.92 Å². The molecule has 256 valence electrons. The smallest absolute Gasteiger partial charge is 0.253 e. The first kappa shape index (κ1) is 35.8. The zero-order valence-corrected chi connectivity index (χ0v) is 27.8. The molecule has 1 aromatic heterocycles. The van der Waals surface area contributed by atoms with Crippen LogP contribution in [-0.2, 0) is 30.3 Å². The van der Waals surface area contributed by atoms with Crippen molar-refractivity contribution < 1.29 is 33.7 Å². The monoisotopic (exact) mass is 643 g/mol. The van der Waals surface area contributed by atoms with Gasteiger partial charge in [-0.1, -0.05) is 19.3 Å². The minimum Gasteiger partial charge on any atom is -0.394 e. The van der Waals surface area contributed by atoms with Gasteiger partial charge in [0.15, 0.2) is 0 Å². The number of carbonyl (C=O) groups is 3. The Morgan fingerprint density at radius 1 is 0.891 bits per heavy atom. The topological polar surface area (TPSA) is 135 Å². The molecule has 46 heavy (non-hydrogen) atoms. The van der Waals surface area contributed by atoms with Crippen LogP contribution < -0.4 is 10.6 Å². The van der Waals surface area contributed by atoms with Gasteiger partial charge in [0.2, 0.25) is 11.8 Å². The quantitative estimate of drug-likeness (QED) is 0.223. The molecular weight excluding hydrogens is 590 g/mol. The van der Waals surface area contributed by atoms with Gasteiger partial charge in [-0.15, -0.1) is 0 Å². The van der Waals surface area contributed by atoms with E-state index in [4.69, 9.17) is 19.3 Å². The second-order valence-electron chi connectivity index (χ2n) is 12.3. The van der Waals surface area contributed by atoms with Crippen LogP contribution in [0.15, 0.2) is 24.3 Å². The summed E-state index contributed by atoms with van der Waals surface area (Å²) in [6.45, 7) is 9.11. The summed E-state index contributed by atoms with van der Waals surface area (Å²) in [5.41, 5.74) is 2.78. The lowest BCUT2D eigenvalue weighted by atomic mass is 9.83. The summed E-state index contributed by atoms with van der Waals surface area (Å²) in [6.07, 6.45) is 5.21. The molecule has 2 atom stereocenters. The van der Waals surface area contributed by atoms with Crippen molar-refractivity contribution >= 4 is 28.6 Å². The lowest BCUT2D eigenvalue weighted by Crippen LogP contribution is -2.59. The van der Waals surface area contributed by atoms with Gasteiger partial charge in [-0.3, -0.25) is 14.4 Å². The van der Waals surface area contributed by atoms with Crippen LogP contribution in [-0.4, -0.2) is 129 Å². The van der Waals surface area contributed by atoms with Crippen LogP contribution in [0, 0.1) is 12.8 Å². The van der Waals surface area contributed by atoms with E-state index in [1.807, 2.05) is 28.0 Å². The molecule has 1 unspecified atom stereocenters. The maximum Gasteiger partial charge on any atom is 0.253 e. The third-order valence-electron chi connectivity index (χ3n) is 9.18. The Bertz CT molecular complexity index is 1270. The number of hydrogen-bond donors (Lipinski definition) is 3. The van der Waals surface area contributed by atoms with Crippen LogP contribution in [0.5, 0.6) is 0 Å². The van der Waals surface area contributed by atoms with Gasteiger partial charge in [0.05, 0.1) is 52.3 Å². The number of nitrogens with one attached hydrogen (secondary N) is 2. The number of aliphatic hydroxyl groups excluding tert-OH is 1. The summed E-state index contributed by atoms with van der Waals surface area (Å²) in [7, 11) is 1.74. The molecule has 2 aromatic rings. The van der Waals surface area contributed by atoms with Crippen molar-refractivity contribution in [3.8, 4) is 0 Å². The molecule has 2 heterocycles. The van der Waals surface area contributed by atoms with Gasteiger partial charge < -0.3 is 44.3 Å². The maximum absolute atomic E-state index is 13.7. The van der Waals surface area contributed by atoms with E-state index >= 15 is 0 Å². The molecule has 0 spiro atoms. The summed E-state index contributed by atoms with van der Waals surface area (Å²) >= 11 is 0. The van der Waals surface area contributed by atoms with Crippen LogP contribution >= 0.6 is 0 Å². The molecule has 2 fully saturated rings. The van der Waals surface area contributed by atoms with Gasteiger partial charge in [0.25, 0.3) is 5.91 Å². The zero-order chi connectivity index (χ0) is 32.9. The summed E-state index contributed by atoms with van der Waals surface area (Å²) in [5.74, 6) is -0.0840. The van der Waals surface area contributed by atoms with Crippen molar-refractivity contribution in [1.29, 1.82) is 0 Å². The van der Waals surface area contributed by atoms with Crippen LogP contribution in [0.4, 0.5) is 0 Å². The average Bonchev–Trinajstić information content (AvgIpc) is 3.40. The second-order valence-corrected chi connectivity index (χ2v) is 12.3. The molecule has 1 aromatic carbocycles. The normalized spacial score (nSPS) is 17.3. The molecule has 3 amide bonds. The second kappa shape index (κ2) is 18.3. The van der Waals surface area contributed by atoms with Crippen molar-refractivity contribution in [3.63, 3.8) is 0 Å². The van der Waals surface area contributed by atoms with Crippen LogP contribution in [0.3, 0.4) is 0 Å². The molecular formula is C34H53N5O7. The molecule has 12 heteroatoms. The number of aryl methyl sites for hydroxylation is 1. The molecule has 12 nitrogen and oxygen atoms in total. The Hall–Kier alpha value is -3.03. The molecule has 2 aliphatic rings. The van der Waals surface area contributed by atoms with E-state index < -0.39 is 6.04 Å². The summed E-state index contributed by atoms with van der Waals surface area (Å²) < 4.78 is 18.6. The lowest BCUT2D eigenvalue weighted by molar-refractivity contribution is -0.140. The maximum atomic E-state index is 13.7. The van der Waals surface area contributed by atoms with Gasteiger partial charge in [0.1, 0.15) is 6.04 Å². The molecule has 1 aliphatic carbocycles. The summed E-state index contributed by atoms with van der Waals surface area (Å²) in [5, 5.41) is 15.7. The SMILES string of the molecule is CNC(C)C(=O)N[C@H](C(=O)N1CCN(C(=O)c2ccc3c(c2)cc(C)n3CCOCCOCCOCCO)CC1)C1CCCCC1. The third-order valence-corrected chi connectivity index (χ3v) is 9.18. The molecule has 3 N–H and O–H groups in total. The number of hydrogen-bond acceptors (Lipinski definition) is 8. The molecule has 4 rings (SSSR count). The summed E-state index contributed by atoms with van der Waals surface area (Å²) in [4.78, 5) is 43.6. The number of rotatable bonds is 17. The van der Waals surface area contributed by atoms with E-state index in [9.17, 15) is 14.4 Å².